The van der Waals surface area contributed by atoms with Crippen LogP contribution < -0.4 is 75.7 Å². The van der Waals surface area contributed by atoms with Crippen LogP contribution in [0.4, 0.5) is 0 Å². The van der Waals surface area contributed by atoms with Crippen molar-refractivity contribution in [1.29, 1.82) is 0 Å². The molecule has 2 aromatic heterocycles. The van der Waals surface area contributed by atoms with Crippen LogP contribution in [0.3, 0.4) is 0 Å². The molecule has 0 saturated carbocycles. The van der Waals surface area contributed by atoms with Crippen LogP contribution in [0.2, 0.25) is 0 Å². The van der Waals surface area contributed by atoms with Crippen LogP contribution in [0.1, 0.15) is 178 Å². The van der Waals surface area contributed by atoms with Gasteiger partial charge in [-0.05, 0) is 87.1 Å². The quantitative estimate of drug-likeness (QED) is 0.0355. The number of hydrogen-bond donors (Lipinski definition) is 17. The van der Waals surface area contributed by atoms with Crippen LogP contribution in [-0.4, -0.2) is 181 Å². The van der Waals surface area contributed by atoms with Gasteiger partial charge >= 0.3 is 11.9 Å². The summed E-state index contributed by atoms with van der Waals surface area (Å²) in [6.07, 6.45) is 0.853. The maximum absolute atomic E-state index is 15.0. The Bertz CT molecular complexity index is 3280. The van der Waals surface area contributed by atoms with Gasteiger partial charge in [0, 0.05) is 43.1 Å². The van der Waals surface area contributed by atoms with E-state index in [9.17, 15) is 77.3 Å². The second-order valence-corrected chi connectivity index (χ2v) is 26.9. The summed E-state index contributed by atoms with van der Waals surface area (Å²) in [6.45, 7) is 14.2. The normalized spacial score (nSPS) is 21.6. The first-order valence-electron chi connectivity index (χ1n) is 34.4. The topological polar surface area (TPSA) is 531 Å². The van der Waals surface area contributed by atoms with Gasteiger partial charge in [0.15, 0.2) is 0 Å². The van der Waals surface area contributed by atoms with Crippen molar-refractivity contribution in [3.63, 3.8) is 0 Å². The Morgan fingerprint density at radius 3 is 1.85 bits per heavy atom. The number of carboxylic acid groups (broad SMARTS) is 2. The number of carbonyl (C=O) groups excluding carboxylic acids is 12. The number of primary amides is 1. The lowest BCUT2D eigenvalue weighted by atomic mass is 9.96. The molecule has 12 amide bonds. The van der Waals surface area contributed by atoms with E-state index >= 15 is 0 Å². The van der Waals surface area contributed by atoms with E-state index in [4.69, 9.17) is 17.2 Å². The molecule has 1 aliphatic heterocycles. The van der Waals surface area contributed by atoms with E-state index in [2.05, 4.69) is 73.4 Å². The molecule has 1 saturated heterocycles. The van der Waals surface area contributed by atoms with Crippen molar-refractivity contribution in [1.82, 2.24) is 73.4 Å². The summed E-state index contributed by atoms with van der Waals surface area (Å²) >= 11 is 1.19. The molecule has 34 heteroatoms. The molecule has 20 N–H and O–H groups in total. The SMILES string of the molecule is CC[C@H](C)[C@@H]1NC(=O)C(CCCCN)NC(=O)C(NC(=O)[C@@H](NC(=O)[C@H](CCC(=O)O)NC(=O)[C@H](CC(C)C)NC(=O)c2csc([C@@H](N)[C@@H](C)CC)n2)[C@@H](C)CC)CCCCNC(=O)C(CC(N)=O)NC(=O)[C@H](CC(=O)O)NC(=O)[C@H](Cc2cnc[nH]2)NC(=O)C(Cc2ccccc2)NC1=O. The lowest BCUT2D eigenvalue weighted by Crippen LogP contribution is -2.62. The van der Waals surface area contributed by atoms with Crippen LogP contribution in [0.5, 0.6) is 0 Å². The number of carboxylic acids is 2. The van der Waals surface area contributed by atoms with Crippen molar-refractivity contribution in [3.05, 3.63) is 70.2 Å². The fraction of sp³-hybridized carbons (Fsp3) is 0.612. The van der Waals surface area contributed by atoms with Crippen LogP contribution in [0.15, 0.2) is 48.2 Å². The fourth-order valence-electron chi connectivity index (χ4n) is 10.8. The van der Waals surface area contributed by atoms with E-state index in [1.807, 2.05) is 13.8 Å². The van der Waals surface area contributed by atoms with E-state index in [0.717, 1.165) is 6.42 Å². The molecule has 0 radical (unpaired) electrons. The van der Waals surface area contributed by atoms with Crippen molar-refractivity contribution >= 4 is 94.2 Å². The first kappa shape index (κ1) is 84.0. The number of benzene rings is 1. The zero-order valence-electron chi connectivity index (χ0n) is 58.7. The van der Waals surface area contributed by atoms with Crippen molar-refractivity contribution in [3.8, 4) is 0 Å². The van der Waals surface area contributed by atoms with Crippen LogP contribution in [-0.2, 0) is 75.2 Å². The van der Waals surface area contributed by atoms with E-state index in [0.29, 0.717) is 22.7 Å². The third-order valence-electron chi connectivity index (χ3n) is 17.5. The highest BCUT2D eigenvalue weighted by Crippen LogP contribution is 2.25. The predicted octanol–water partition coefficient (Wildman–Crippen LogP) is -0.359. The van der Waals surface area contributed by atoms with Crippen molar-refractivity contribution in [2.45, 2.75) is 225 Å². The minimum Gasteiger partial charge on any atom is -0.481 e. The number of imidazole rings is 1. The Balaban J connectivity index is 1.79. The highest BCUT2D eigenvalue weighted by molar-refractivity contribution is 7.09. The Morgan fingerprint density at radius 1 is 0.653 bits per heavy atom. The van der Waals surface area contributed by atoms with Gasteiger partial charge in [0.1, 0.15) is 71.1 Å². The number of unbranched alkanes of at least 4 members (excludes halogenated alkanes) is 1. The lowest BCUT2D eigenvalue weighted by molar-refractivity contribution is -0.142. The van der Waals surface area contributed by atoms with Gasteiger partial charge in [-0.15, -0.1) is 11.3 Å². The lowest BCUT2D eigenvalue weighted by Gasteiger charge is -2.30. The maximum atomic E-state index is 15.0. The molecule has 14 atom stereocenters. The summed E-state index contributed by atoms with van der Waals surface area (Å²) in [4.78, 5) is 207. The molecule has 0 spiro atoms. The second kappa shape index (κ2) is 42.6. The maximum Gasteiger partial charge on any atom is 0.305 e. The molecule has 0 bridgehead atoms. The molecule has 0 aliphatic carbocycles. The van der Waals surface area contributed by atoms with Crippen molar-refractivity contribution < 1.29 is 77.3 Å². The summed E-state index contributed by atoms with van der Waals surface area (Å²) in [5, 5.41) is 50.5. The van der Waals surface area contributed by atoms with Gasteiger partial charge < -0.3 is 90.9 Å². The molecular formula is C67H103N17O16S. The van der Waals surface area contributed by atoms with E-state index in [1.54, 1.807) is 71.9 Å². The van der Waals surface area contributed by atoms with Gasteiger partial charge in [-0.25, -0.2) is 9.97 Å². The summed E-state index contributed by atoms with van der Waals surface area (Å²) in [5.74, 6) is -15.9. The number of carbonyl (C=O) groups is 14. The number of rotatable bonds is 32. The van der Waals surface area contributed by atoms with Gasteiger partial charge in [-0.2, -0.15) is 0 Å². The number of aliphatic carboxylic acids is 2. The molecular weight excluding hydrogens is 1330 g/mol. The first-order chi connectivity index (χ1) is 47.9. The van der Waals surface area contributed by atoms with Crippen LogP contribution in [0.25, 0.3) is 0 Å². The summed E-state index contributed by atoms with van der Waals surface area (Å²) in [7, 11) is 0. The summed E-state index contributed by atoms with van der Waals surface area (Å²) < 4.78 is 0. The standard InChI is InChI=1S/C67H103N17O16S/c1-9-36(6)53(70)67-82-49(33-101-67)64(98)77-44(27-35(4)5)60(94)75-43(23-24-51(86)87)59(93)84-54(37(7)10-2)65(99)76-41-22-16-18-26-72-56(90)47(30-50(69)85)79-63(97)48(31-52(88)89)80-62(96)46(29-40-32-71-34-73-40)78-61(95)45(28-39-19-13-12-14-20-39)81-66(100)55(38(8)11-3)83-58(92)42(74-57(41)91)21-15-17-25-68/h12-14,19-20,32-38,41-48,53-55H,9-11,15-18,21-31,68,70H2,1-8H3,(H2,69,85)(H,71,73)(H,72,90)(H,74,91)(H,75,94)(H,76,99)(H,77,98)(H,78,95)(H,79,97)(H,80,96)(H,81,100)(H,83,92)(H,84,93)(H,86,87)(H,88,89)/t36-,37-,38-,41?,42?,43-,44-,45?,46-,47?,48-,53-,54-,55-/m0/s1. The highest BCUT2D eigenvalue weighted by atomic mass is 32.1. The average Bonchev–Trinajstić information content (AvgIpc) is 1.84. The predicted molar refractivity (Wildman–Crippen MR) is 371 cm³/mol. The molecule has 1 fully saturated rings. The van der Waals surface area contributed by atoms with Crippen LogP contribution in [0, 0.1) is 23.7 Å². The highest BCUT2D eigenvalue weighted by Gasteiger charge is 2.39. The number of nitrogens with two attached hydrogens (primary N) is 3. The monoisotopic (exact) mass is 1430 g/mol. The van der Waals surface area contributed by atoms with E-state index in [1.165, 1.54) is 29.2 Å². The number of nitrogens with zero attached hydrogens (tertiary/aromatic N) is 2. The van der Waals surface area contributed by atoms with Gasteiger partial charge in [0.05, 0.1) is 25.2 Å². The van der Waals surface area contributed by atoms with Crippen LogP contribution >= 0.6 is 11.3 Å². The van der Waals surface area contributed by atoms with Crippen molar-refractivity contribution in [2.75, 3.05) is 13.1 Å². The second-order valence-electron chi connectivity index (χ2n) is 26.1. The molecule has 3 aromatic rings. The Morgan fingerprint density at radius 2 is 1.26 bits per heavy atom. The average molecular weight is 1430 g/mol. The summed E-state index contributed by atoms with van der Waals surface area (Å²) in [5.41, 5.74) is 18.6. The molecule has 4 unspecified atom stereocenters. The fourth-order valence-corrected chi connectivity index (χ4v) is 11.8. The number of nitrogens with one attached hydrogen (secondary N) is 12. The Kier molecular flexibility index (Phi) is 35.4. The molecule has 101 heavy (non-hydrogen) atoms. The third kappa shape index (κ3) is 28.3. The Hall–Kier alpha value is -9.44. The molecule has 33 nitrogen and oxygen atoms in total. The van der Waals surface area contributed by atoms with Gasteiger partial charge in [-0.1, -0.05) is 105 Å². The minimum atomic E-state index is -1.94. The molecule has 1 aromatic carbocycles. The molecule has 4 rings (SSSR count). The third-order valence-corrected chi connectivity index (χ3v) is 18.4. The Labute approximate surface area is 591 Å². The van der Waals surface area contributed by atoms with Crippen molar-refractivity contribution in [2.24, 2.45) is 40.9 Å². The smallest absolute Gasteiger partial charge is 0.305 e. The van der Waals surface area contributed by atoms with Gasteiger partial charge in [0.2, 0.25) is 65.0 Å². The largest absolute Gasteiger partial charge is 0.481 e. The number of H-pyrrole nitrogens is 1. The number of hydrogen-bond acceptors (Lipinski definition) is 19. The number of aromatic nitrogens is 3. The molecule has 1 aliphatic rings. The molecule has 558 valence electrons. The first-order valence-corrected chi connectivity index (χ1v) is 35.2. The minimum absolute atomic E-state index is 0.00208. The number of amides is 12. The summed E-state index contributed by atoms with van der Waals surface area (Å²) in [6, 6.07) is -7.55. The molecule has 3 heterocycles. The zero-order chi connectivity index (χ0) is 75.0. The van der Waals surface area contributed by atoms with E-state index < -0.39 is 187 Å². The van der Waals surface area contributed by atoms with Gasteiger partial charge in [-0.3, -0.25) is 67.1 Å². The number of aromatic amines is 1. The zero-order valence-corrected chi connectivity index (χ0v) is 59.5. The van der Waals surface area contributed by atoms with E-state index in [-0.39, 0.29) is 94.8 Å². The van der Waals surface area contributed by atoms with Gasteiger partial charge in [0.25, 0.3) is 5.91 Å². The number of thiazole rings is 1.